The summed E-state index contributed by atoms with van der Waals surface area (Å²) in [6.07, 6.45) is 3.61. The number of nitrogens with one attached hydrogen (secondary N) is 1. The quantitative estimate of drug-likeness (QED) is 0.756. The van der Waals surface area contributed by atoms with E-state index in [0.717, 1.165) is 18.7 Å². The smallest absolute Gasteiger partial charge is 0.120 e. The summed E-state index contributed by atoms with van der Waals surface area (Å²) in [7, 11) is 0. The minimum atomic E-state index is 0.206. The molecule has 1 rings (SSSR count). The summed E-state index contributed by atoms with van der Waals surface area (Å²) >= 11 is 0. The Morgan fingerprint density at radius 1 is 1.17 bits per heavy atom. The maximum absolute atomic E-state index is 5.93. The van der Waals surface area contributed by atoms with Crippen molar-refractivity contribution in [2.24, 2.45) is 0 Å². The standard InChI is InChI=1S/C16H27NO/c1-5-14-9-8-10-16(11-14)18-13(4)12-17-15(6-2)7-3/h8-11,13,15,17H,5-7,12H2,1-4H3. The van der Waals surface area contributed by atoms with Crippen molar-refractivity contribution in [2.45, 2.75) is 59.1 Å². The van der Waals surface area contributed by atoms with E-state index in [1.165, 1.54) is 18.4 Å². The molecule has 2 nitrogen and oxygen atoms in total. The second-order valence-corrected chi connectivity index (χ2v) is 4.85. The first-order valence-corrected chi connectivity index (χ1v) is 7.18. The maximum Gasteiger partial charge on any atom is 0.120 e. The molecule has 0 aromatic heterocycles. The molecular formula is C16H27NO. The van der Waals surface area contributed by atoms with Crippen LogP contribution in [0.25, 0.3) is 0 Å². The zero-order valence-electron chi connectivity index (χ0n) is 12.2. The molecule has 0 bridgehead atoms. The molecule has 1 aromatic rings. The predicted octanol–water partition coefficient (Wildman–Crippen LogP) is 3.79. The van der Waals surface area contributed by atoms with Crippen molar-refractivity contribution in [2.75, 3.05) is 6.54 Å². The zero-order valence-corrected chi connectivity index (χ0v) is 12.2. The molecule has 0 saturated heterocycles. The van der Waals surface area contributed by atoms with Crippen LogP contribution in [0.15, 0.2) is 24.3 Å². The third-order valence-corrected chi connectivity index (χ3v) is 3.32. The van der Waals surface area contributed by atoms with Crippen molar-refractivity contribution in [1.82, 2.24) is 5.32 Å². The predicted molar refractivity (Wildman–Crippen MR) is 78.3 cm³/mol. The number of hydrogen-bond donors (Lipinski definition) is 1. The fourth-order valence-electron chi connectivity index (χ4n) is 2.02. The Labute approximate surface area is 112 Å². The van der Waals surface area contributed by atoms with Gasteiger partial charge in [-0.3, -0.25) is 0 Å². The number of rotatable bonds is 8. The number of aryl methyl sites for hydroxylation is 1. The van der Waals surface area contributed by atoms with Crippen LogP contribution in [0.1, 0.15) is 46.1 Å². The highest BCUT2D eigenvalue weighted by atomic mass is 16.5. The van der Waals surface area contributed by atoms with Crippen LogP contribution in [0.4, 0.5) is 0 Å². The Morgan fingerprint density at radius 2 is 1.89 bits per heavy atom. The summed E-state index contributed by atoms with van der Waals surface area (Å²) in [5.74, 6) is 0.980. The van der Waals surface area contributed by atoms with Gasteiger partial charge in [-0.1, -0.05) is 32.9 Å². The van der Waals surface area contributed by atoms with E-state index in [0.29, 0.717) is 6.04 Å². The average Bonchev–Trinajstić information content (AvgIpc) is 2.40. The molecule has 102 valence electrons. The van der Waals surface area contributed by atoms with Crippen LogP contribution in [-0.2, 0) is 6.42 Å². The Bertz CT molecular complexity index is 334. The van der Waals surface area contributed by atoms with E-state index in [2.05, 4.69) is 51.2 Å². The Morgan fingerprint density at radius 3 is 2.50 bits per heavy atom. The molecule has 1 N–H and O–H groups in total. The molecule has 0 radical (unpaired) electrons. The lowest BCUT2D eigenvalue weighted by atomic mass is 10.1. The maximum atomic E-state index is 5.93. The third kappa shape index (κ3) is 5.09. The van der Waals surface area contributed by atoms with Gasteiger partial charge in [-0.05, 0) is 43.9 Å². The summed E-state index contributed by atoms with van der Waals surface area (Å²) in [6.45, 7) is 9.63. The van der Waals surface area contributed by atoms with Crippen LogP contribution >= 0.6 is 0 Å². The first-order chi connectivity index (χ1) is 8.69. The minimum Gasteiger partial charge on any atom is -0.489 e. The second kappa shape index (κ2) is 8.15. The van der Waals surface area contributed by atoms with E-state index in [-0.39, 0.29) is 6.10 Å². The van der Waals surface area contributed by atoms with Crippen molar-refractivity contribution in [3.05, 3.63) is 29.8 Å². The van der Waals surface area contributed by atoms with Crippen molar-refractivity contribution in [1.29, 1.82) is 0 Å². The molecule has 1 unspecified atom stereocenters. The minimum absolute atomic E-state index is 0.206. The molecule has 0 aliphatic carbocycles. The zero-order chi connectivity index (χ0) is 13.4. The van der Waals surface area contributed by atoms with E-state index in [1.807, 2.05) is 6.07 Å². The van der Waals surface area contributed by atoms with Crippen LogP contribution < -0.4 is 10.1 Å². The Balaban J connectivity index is 2.41. The molecule has 0 aliphatic rings. The van der Waals surface area contributed by atoms with Gasteiger partial charge in [-0.15, -0.1) is 0 Å². The first kappa shape index (κ1) is 15.0. The summed E-state index contributed by atoms with van der Waals surface area (Å²) < 4.78 is 5.93. The van der Waals surface area contributed by atoms with E-state index >= 15 is 0 Å². The van der Waals surface area contributed by atoms with Gasteiger partial charge in [0, 0.05) is 12.6 Å². The van der Waals surface area contributed by atoms with Gasteiger partial charge in [-0.2, -0.15) is 0 Å². The molecule has 1 atom stereocenters. The van der Waals surface area contributed by atoms with Crippen molar-refractivity contribution in [3.8, 4) is 5.75 Å². The second-order valence-electron chi connectivity index (χ2n) is 4.85. The normalized spacial score (nSPS) is 12.7. The molecule has 2 heteroatoms. The van der Waals surface area contributed by atoms with E-state index in [9.17, 15) is 0 Å². The molecule has 0 spiro atoms. The van der Waals surface area contributed by atoms with Crippen molar-refractivity contribution in [3.63, 3.8) is 0 Å². The summed E-state index contributed by atoms with van der Waals surface area (Å²) in [5.41, 5.74) is 1.33. The molecule has 18 heavy (non-hydrogen) atoms. The van der Waals surface area contributed by atoms with Gasteiger partial charge in [0.2, 0.25) is 0 Å². The highest BCUT2D eigenvalue weighted by Crippen LogP contribution is 2.15. The highest BCUT2D eigenvalue weighted by Gasteiger charge is 2.07. The van der Waals surface area contributed by atoms with Crippen molar-refractivity contribution >= 4 is 0 Å². The summed E-state index contributed by atoms with van der Waals surface area (Å²) in [5, 5.41) is 3.54. The van der Waals surface area contributed by atoms with Gasteiger partial charge >= 0.3 is 0 Å². The van der Waals surface area contributed by atoms with Crippen LogP contribution in [0, 0.1) is 0 Å². The fraction of sp³-hybridized carbons (Fsp3) is 0.625. The summed E-state index contributed by atoms with van der Waals surface area (Å²) in [6, 6.07) is 8.98. The van der Waals surface area contributed by atoms with Crippen molar-refractivity contribution < 1.29 is 4.74 Å². The lowest BCUT2D eigenvalue weighted by Gasteiger charge is -2.20. The van der Waals surface area contributed by atoms with Crippen LogP contribution in [0.5, 0.6) is 5.75 Å². The van der Waals surface area contributed by atoms with Gasteiger partial charge in [0.05, 0.1) is 0 Å². The fourth-order valence-corrected chi connectivity index (χ4v) is 2.02. The van der Waals surface area contributed by atoms with Crippen LogP contribution in [0.2, 0.25) is 0 Å². The first-order valence-electron chi connectivity index (χ1n) is 7.18. The van der Waals surface area contributed by atoms with Crippen LogP contribution in [-0.4, -0.2) is 18.7 Å². The van der Waals surface area contributed by atoms with Crippen LogP contribution in [0.3, 0.4) is 0 Å². The third-order valence-electron chi connectivity index (χ3n) is 3.32. The van der Waals surface area contributed by atoms with Gasteiger partial charge < -0.3 is 10.1 Å². The molecule has 0 heterocycles. The van der Waals surface area contributed by atoms with E-state index < -0.39 is 0 Å². The summed E-state index contributed by atoms with van der Waals surface area (Å²) in [4.78, 5) is 0. The van der Waals surface area contributed by atoms with Gasteiger partial charge in [-0.25, -0.2) is 0 Å². The Kier molecular flexibility index (Phi) is 6.81. The molecule has 1 aromatic carbocycles. The number of hydrogen-bond acceptors (Lipinski definition) is 2. The SMILES string of the molecule is CCc1cccc(OC(C)CNC(CC)CC)c1. The lowest BCUT2D eigenvalue weighted by Crippen LogP contribution is -2.36. The van der Waals surface area contributed by atoms with Gasteiger partial charge in [0.15, 0.2) is 0 Å². The number of ether oxygens (including phenoxy) is 1. The average molecular weight is 249 g/mol. The molecule has 0 fully saturated rings. The van der Waals surface area contributed by atoms with Gasteiger partial charge in [0.25, 0.3) is 0 Å². The lowest BCUT2D eigenvalue weighted by molar-refractivity contribution is 0.210. The van der Waals surface area contributed by atoms with E-state index in [4.69, 9.17) is 4.74 Å². The molecule has 0 aliphatic heterocycles. The molecule has 0 saturated carbocycles. The Hall–Kier alpha value is -1.02. The van der Waals surface area contributed by atoms with E-state index in [1.54, 1.807) is 0 Å². The molecule has 0 amide bonds. The molecular weight excluding hydrogens is 222 g/mol. The monoisotopic (exact) mass is 249 g/mol. The highest BCUT2D eigenvalue weighted by molar-refractivity contribution is 5.28. The number of benzene rings is 1. The topological polar surface area (TPSA) is 21.3 Å². The largest absolute Gasteiger partial charge is 0.489 e. The van der Waals surface area contributed by atoms with Gasteiger partial charge in [0.1, 0.15) is 11.9 Å².